The van der Waals surface area contributed by atoms with Crippen LogP contribution in [0, 0.1) is 6.92 Å². The molecule has 2 atom stereocenters. The summed E-state index contributed by atoms with van der Waals surface area (Å²) in [6, 6.07) is 8.38. The molecule has 202 valence electrons. The number of aliphatic imine (C=N–C) groups is 2. The molecule has 0 bridgehead atoms. The van der Waals surface area contributed by atoms with Gasteiger partial charge in [-0.05, 0) is 59.3 Å². The maximum atomic E-state index is 11.2. The lowest BCUT2D eigenvalue weighted by molar-refractivity contribution is 0.389. The maximum absolute atomic E-state index is 11.2. The van der Waals surface area contributed by atoms with Crippen LogP contribution in [0.3, 0.4) is 0 Å². The summed E-state index contributed by atoms with van der Waals surface area (Å²) in [6.45, 7) is 21.4. The Morgan fingerprint density at radius 2 is 1.08 bits per heavy atom. The van der Waals surface area contributed by atoms with Gasteiger partial charge in [-0.25, -0.2) is 0 Å². The number of hydrogen-bond donors (Lipinski definition) is 2. The van der Waals surface area contributed by atoms with Gasteiger partial charge in [-0.3, -0.25) is 9.98 Å². The van der Waals surface area contributed by atoms with Crippen LogP contribution in [0.15, 0.2) is 34.3 Å². The average Bonchev–Trinajstić information content (AvgIpc) is 2.77. The molecule has 2 aromatic rings. The second-order valence-electron chi connectivity index (χ2n) is 13.9. The highest BCUT2D eigenvalue weighted by Gasteiger charge is 2.27. The minimum Gasteiger partial charge on any atom is -0.507 e. The van der Waals surface area contributed by atoms with Crippen molar-refractivity contribution in [2.45, 2.75) is 123 Å². The van der Waals surface area contributed by atoms with Gasteiger partial charge in [0, 0.05) is 34.7 Å². The van der Waals surface area contributed by atoms with Crippen LogP contribution in [0.1, 0.15) is 121 Å². The first-order valence-electron chi connectivity index (χ1n) is 13.8. The molecule has 1 aliphatic carbocycles. The minimum atomic E-state index is -0.173. The molecule has 0 saturated heterocycles. The van der Waals surface area contributed by atoms with E-state index >= 15 is 0 Å². The minimum absolute atomic E-state index is 0.0321. The van der Waals surface area contributed by atoms with Crippen LogP contribution >= 0.6 is 0 Å². The Morgan fingerprint density at radius 1 is 0.649 bits per heavy atom. The van der Waals surface area contributed by atoms with Crippen LogP contribution < -0.4 is 0 Å². The van der Waals surface area contributed by atoms with Gasteiger partial charge in [0.1, 0.15) is 11.5 Å². The van der Waals surface area contributed by atoms with E-state index < -0.39 is 0 Å². The van der Waals surface area contributed by atoms with Crippen molar-refractivity contribution in [1.82, 2.24) is 0 Å². The van der Waals surface area contributed by atoms with E-state index in [0.717, 1.165) is 53.5 Å². The van der Waals surface area contributed by atoms with Gasteiger partial charge in [0.2, 0.25) is 0 Å². The Bertz CT molecular complexity index is 1170. The number of aryl methyl sites for hydroxylation is 1. The summed E-state index contributed by atoms with van der Waals surface area (Å²) >= 11 is 0. The monoisotopic (exact) mass is 504 g/mol. The zero-order valence-corrected chi connectivity index (χ0v) is 24.7. The lowest BCUT2D eigenvalue weighted by atomic mass is 9.79. The first-order chi connectivity index (χ1) is 17.0. The highest BCUT2D eigenvalue weighted by Crippen LogP contribution is 2.38. The standard InChI is InChI=1S/C33H48N2O2/c1-21-15-22(29(36)25(16-21)32(5,6)7)19-34-27-13-11-12-14-28(27)35-20-23-17-24(31(2,3)4)18-26(30(23)37)33(8,9)10/h15-20,27-28,36-37H,11-14H2,1-10H3/t27-,28-/m0/s1. The van der Waals surface area contributed by atoms with Crippen molar-refractivity contribution in [2.75, 3.05) is 0 Å². The molecule has 0 aliphatic heterocycles. The molecule has 0 unspecified atom stereocenters. The van der Waals surface area contributed by atoms with Gasteiger partial charge >= 0.3 is 0 Å². The third-order valence-corrected chi connectivity index (χ3v) is 7.41. The van der Waals surface area contributed by atoms with E-state index in [1.165, 1.54) is 5.56 Å². The number of phenolic OH excluding ortho intramolecular Hbond substituents is 2. The predicted molar refractivity (Wildman–Crippen MR) is 158 cm³/mol. The van der Waals surface area contributed by atoms with Crippen molar-refractivity contribution in [3.05, 3.63) is 57.6 Å². The summed E-state index contributed by atoms with van der Waals surface area (Å²) in [5.41, 5.74) is 5.39. The number of nitrogens with zero attached hydrogens (tertiary/aromatic N) is 2. The van der Waals surface area contributed by atoms with Crippen molar-refractivity contribution in [2.24, 2.45) is 9.98 Å². The number of aromatic hydroxyl groups is 2. The van der Waals surface area contributed by atoms with Crippen LogP contribution in [0.25, 0.3) is 0 Å². The largest absolute Gasteiger partial charge is 0.507 e. The molecular weight excluding hydrogens is 456 g/mol. The van der Waals surface area contributed by atoms with Crippen molar-refractivity contribution < 1.29 is 10.2 Å². The van der Waals surface area contributed by atoms with Crippen molar-refractivity contribution in [3.63, 3.8) is 0 Å². The molecule has 0 spiro atoms. The van der Waals surface area contributed by atoms with Gasteiger partial charge in [0.15, 0.2) is 0 Å². The molecule has 37 heavy (non-hydrogen) atoms. The predicted octanol–water partition coefficient (Wildman–Crippen LogP) is 8.15. The molecule has 1 saturated carbocycles. The summed E-state index contributed by atoms with van der Waals surface area (Å²) in [4.78, 5) is 9.94. The van der Waals surface area contributed by atoms with Gasteiger partial charge in [-0.1, -0.05) is 87.3 Å². The highest BCUT2D eigenvalue weighted by atomic mass is 16.3. The first kappa shape index (κ1) is 28.9. The van der Waals surface area contributed by atoms with Crippen molar-refractivity contribution >= 4 is 12.4 Å². The summed E-state index contributed by atoms with van der Waals surface area (Å²) in [7, 11) is 0. The average molecular weight is 505 g/mol. The Labute approximate surface area is 225 Å². The summed E-state index contributed by atoms with van der Waals surface area (Å²) in [6.07, 6.45) is 7.89. The number of benzene rings is 2. The summed E-state index contributed by atoms with van der Waals surface area (Å²) in [5.74, 6) is 0.635. The maximum Gasteiger partial charge on any atom is 0.128 e. The van der Waals surface area contributed by atoms with Crippen molar-refractivity contribution in [3.8, 4) is 11.5 Å². The van der Waals surface area contributed by atoms with E-state index in [4.69, 9.17) is 9.98 Å². The number of hydrogen-bond acceptors (Lipinski definition) is 4. The van der Waals surface area contributed by atoms with Crippen LogP contribution in [-0.2, 0) is 16.2 Å². The van der Waals surface area contributed by atoms with Crippen molar-refractivity contribution in [1.29, 1.82) is 0 Å². The Hall–Kier alpha value is -2.62. The fraction of sp³-hybridized carbons (Fsp3) is 0.576. The molecule has 0 amide bonds. The zero-order chi connectivity index (χ0) is 27.8. The van der Waals surface area contributed by atoms with Gasteiger partial charge < -0.3 is 10.2 Å². The van der Waals surface area contributed by atoms with E-state index in [0.29, 0.717) is 11.5 Å². The molecule has 2 aromatic carbocycles. The molecule has 0 aromatic heterocycles. The third-order valence-electron chi connectivity index (χ3n) is 7.41. The molecule has 4 nitrogen and oxygen atoms in total. The van der Waals surface area contributed by atoms with E-state index in [-0.39, 0.29) is 28.3 Å². The lowest BCUT2D eigenvalue weighted by Gasteiger charge is -2.28. The van der Waals surface area contributed by atoms with Gasteiger partial charge in [-0.15, -0.1) is 0 Å². The second-order valence-corrected chi connectivity index (χ2v) is 13.9. The quantitative estimate of drug-likeness (QED) is 0.413. The zero-order valence-electron chi connectivity index (χ0n) is 24.7. The highest BCUT2D eigenvalue weighted by molar-refractivity contribution is 5.86. The Kier molecular flexibility index (Phi) is 8.32. The van der Waals surface area contributed by atoms with Gasteiger partial charge in [-0.2, -0.15) is 0 Å². The molecule has 1 aliphatic rings. The van der Waals surface area contributed by atoms with Crippen LogP contribution in [-0.4, -0.2) is 34.7 Å². The van der Waals surface area contributed by atoms with Gasteiger partial charge in [0.05, 0.1) is 12.1 Å². The number of phenols is 2. The fourth-order valence-corrected chi connectivity index (χ4v) is 5.03. The van der Waals surface area contributed by atoms with E-state index in [2.05, 4.69) is 87.4 Å². The van der Waals surface area contributed by atoms with E-state index in [9.17, 15) is 10.2 Å². The van der Waals surface area contributed by atoms with E-state index in [1.807, 2.05) is 18.5 Å². The molecular formula is C33H48N2O2. The Balaban J connectivity index is 1.95. The molecule has 1 fully saturated rings. The number of rotatable bonds is 4. The molecule has 2 N–H and O–H groups in total. The fourth-order valence-electron chi connectivity index (χ4n) is 5.03. The van der Waals surface area contributed by atoms with Crippen LogP contribution in [0.5, 0.6) is 11.5 Å². The van der Waals surface area contributed by atoms with Gasteiger partial charge in [0.25, 0.3) is 0 Å². The molecule has 0 heterocycles. The second kappa shape index (κ2) is 10.6. The first-order valence-corrected chi connectivity index (χ1v) is 13.8. The van der Waals surface area contributed by atoms with E-state index in [1.54, 1.807) is 0 Å². The molecule has 3 rings (SSSR count). The third kappa shape index (κ3) is 7.03. The normalized spacial score (nSPS) is 19.7. The summed E-state index contributed by atoms with van der Waals surface area (Å²) in [5, 5.41) is 22.1. The lowest BCUT2D eigenvalue weighted by Crippen LogP contribution is -2.27. The van der Waals surface area contributed by atoms with Crippen LogP contribution in [0.2, 0.25) is 0 Å². The topological polar surface area (TPSA) is 65.2 Å². The smallest absolute Gasteiger partial charge is 0.128 e. The molecule has 4 heteroatoms. The Morgan fingerprint density at radius 3 is 1.51 bits per heavy atom. The SMILES string of the molecule is Cc1cc(C=N[C@H]2CCCC[C@@H]2N=Cc2cc(C(C)(C)C)cc(C(C)(C)C)c2O)c(O)c(C(C)(C)C)c1. The summed E-state index contributed by atoms with van der Waals surface area (Å²) < 4.78 is 0. The van der Waals surface area contributed by atoms with Crippen LogP contribution in [0.4, 0.5) is 0 Å². The molecule has 0 radical (unpaired) electrons.